The van der Waals surface area contributed by atoms with E-state index in [1.54, 1.807) is 0 Å². The van der Waals surface area contributed by atoms with Gasteiger partial charge in [0.2, 0.25) is 0 Å². The van der Waals surface area contributed by atoms with Crippen LogP contribution < -0.4 is 9.47 Å². The molecule has 1 aliphatic rings. The fourth-order valence-corrected chi connectivity index (χ4v) is 3.24. The number of aryl methyl sites for hydroxylation is 1. The average Bonchev–Trinajstić information content (AvgIpc) is 2.63. The van der Waals surface area contributed by atoms with Gasteiger partial charge in [-0.15, -0.1) is 0 Å². The van der Waals surface area contributed by atoms with Crippen LogP contribution in [0.15, 0.2) is 29.8 Å². The fourth-order valence-electron chi connectivity index (χ4n) is 3.24. The van der Waals surface area contributed by atoms with Crippen molar-refractivity contribution in [1.29, 1.82) is 0 Å². The predicted octanol–water partition coefficient (Wildman–Crippen LogP) is 5.54. The first-order valence-electron chi connectivity index (χ1n) is 9.91. The minimum Gasteiger partial charge on any atom is -0.493 e. The van der Waals surface area contributed by atoms with E-state index in [0.717, 1.165) is 30.6 Å². The number of aliphatic carboxylic acids is 1. The Morgan fingerprint density at radius 1 is 1.31 bits per heavy atom. The molecule has 0 aliphatic carbocycles. The van der Waals surface area contributed by atoms with Gasteiger partial charge in [-0.25, -0.2) is 0 Å². The fraction of sp³-hybridized carbons (Fsp3) is 0.591. The van der Waals surface area contributed by atoms with Gasteiger partial charge in [-0.05, 0) is 61.9 Å². The first-order chi connectivity index (χ1) is 12.6. The van der Waals surface area contributed by atoms with E-state index in [9.17, 15) is 4.79 Å². The molecule has 0 bridgehead atoms. The zero-order chi connectivity index (χ0) is 18.8. The van der Waals surface area contributed by atoms with E-state index < -0.39 is 5.97 Å². The minimum atomic E-state index is -0.846. The summed E-state index contributed by atoms with van der Waals surface area (Å²) in [5.41, 5.74) is 2.47. The van der Waals surface area contributed by atoms with Crippen molar-refractivity contribution in [2.75, 3.05) is 6.61 Å². The van der Waals surface area contributed by atoms with Crippen LogP contribution in [0.2, 0.25) is 0 Å². The molecular weight excluding hydrogens is 328 g/mol. The van der Waals surface area contributed by atoms with Gasteiger partial charge in [0.05, 0.1) is 13.0 Å². The highest BCUT2D eigenvalue weighted by Crippen LogP contribution is 2.33. The Kier molecular flexibility index (Phi) is 8.52. The summed E-state index contributed by atoms with van der Waals surface area (Å²) < 4.78 is 11.7. The number of carboxylic acids is 1. The summed E-state index contributed by atoms with van der Waals surface area (Å²) in [5, 5.41) is 8.67. The second kappa shape index (κ2) is 10.9. The predicted molar refractivity (Wildman–Crippen MR) is 104 cm³/mol. The van der Waals surface area contributed by atoms with Gasteiger partial charge in [-0.1, -0.05) is 38.7 Å². The van der Waals surface area contributed by atoms with Crippen LogP contribution in [0.5, 0.6) is 11.5 Å². The SMILES string of the molecule is CCCCCCC/C=C(\C)C1CCc2cc(OCCC(=O)O)ccc2O1. The van der Waals surface area contributed by atoms with Crippen molar-refractivity contribution in [3.8, 4) is 11.5 Å². The van der Waals surface area contributed by atoms with Crippen LogP contribution in [-0.2, 0) is 11.2 Å². The van der Waals surface area contributed by atoms with E-state index in [1.807, 2.05) is 18.2 Å². The summed E-state index contributed by atoms with van der Waals surface area (Å²) in [6.07, 6.45) is 12.1. The van der Waals surface area contributed by atoms with E-state index in [1.165, 1.54) is 37.7 Å². The number of benzene rings is 1. The molecule has 144 valence electrons. The maximum atomic E-state index is 10.6. The third-order valence-electron chi connectivity index (χ3n) is 4.84. The van der Waals surface area contributed by atoms with E-state index >= 15 is 0 Å². The van der Waals surface area contributed by atoms with Crippen LogP contribution in [0.4, 0.5) is 0 Å². The lowest BCUT2D eigenvalue weighted by atomic mass is 9.97. The first-order valence-corrected chi connectivity index (χ1v) is 9.91. The van der Waals surface area contributed by atoms with E-state index in [0.29, 0.717) is 5.75 Å². The normalized spacial score (nSPS) is 16.7. The molecule has 1 atom stereocenters. The molecule has 4 nitrogen and oxygen atoms in total. The monoisotopic (exact) mass is 360 g/mol. The third-order valence-corrected chi connectivity index (χ3v) is 4.84. The van der Waals surface area contributed by atoms with Crippen molar-refractivity contribution >= 4 is 5.97 Å². The van der Waals surface area contributed by atoms with Crippen molar-refractivity contribution in [3.63, 3.8) is 0 Å². The lowest BCUT2D eigenvalue weighted by Crippen LogP contribution is -2.23. The molecule has 26 heavy (non-hydrogen) atoms. The molecule has 0 fully saturated rings. The number of carboxylic acid groups (broad SMARTS) is 1. The van der Waals surface area contributed by atoms with Gasteiger partial charge in [0.1, 0.15) is 17.6 Å². The lowest BCUT2D eigenvalue weighted by molar-refractivity contribution is -0.137. The number of allylic oxidation sites excluding steroid dienone is 1. The van der Waals surface area contributed by atoms with Crippen LogP contribution in [0.25, 0.3) is 0 Å². The molecule has 1 aliphatic heterocycles. The highest BCUT2D eigenvalue weighted by atomic mass is 16.5. The Morgan fingerprint density at radius 2 is 2.12 bits per heavy atom. The van der Waals surface area contributed by atoms with Crippen molar-refractivity contribution in [2.45, 2.75) is 77.7 Å². The number of ether oxygens (including phenoxy) is 2. The number of unbranched alkanes of at least 4 members (excludes halogenated alkanes) is 5. The highest BCUT2D eigenvalue weighted by Gasteiger charge is 2.21. The molecule has 4 heteroatoms. The summed E-state index contributed by atoms with van der Waals surface area (Å²) >= 11 is 0. The van der Waals surface area contributed by atoms with Crippen LogP contribution in [0.1, 0.15) is 70.8 Å². The number of hydrogen-bond donors (Lipinski definition) is 1. The van der Waals surface area contributed by atoms with Crippen molar-refractivity contribution < 1.29 is 19.4 Å². The molecule has 0 radical (unpaired) electrons. The Hall–Kier alpha value is -1.97. The maximum absolute atomic E-state index is 10.6. The van der Waals surface area contributed by atoms with Gasteiger partial charge in [-0.2, -0.15) is 0 Å². The molecule has 0 spiro atoms. The topological polar surface area (TPSA) is 55.8 Å². The molecular formula is C22H32O4. The Balaban J connectivity index is 1.82. The number of fused-ring (bicyclic) bond motifs is 1. The average molecular weight is 360 g/mol. The molecule has 1 N–H and O–H groups in total. The Bertz CT molecular complexity index is 606. The molecule has 2 rings (SSSR count). The molecule has 0 saturated heterocycles. The molecule has 1 unspecified atom stereocenters. The summed E-state index contributed by atoms with van der Waals surface area (Å²) in [5.74, 6) is 0.788. The third kappa shape index (κ3) is 6.74. The van der Waals surface area contributed by atoms with E-state index in [-0.39, 0.29) is 19.1 Å². The molecule has 1 aromatic rings. The zero-order valence-electron chi connectivity index (χ0n) is 16.1. The van der Waals surface area contributed by atoms with Gasteiger partial charge < -0.3 is 14.6 Å². The second-order valence-electron chi connectivity index (χ2n) is 7.06. The maximum Gasteiger partial charge on any atom is 0.306 e. The van der Waals surface area contributed by atoms with Gasteiger partial charge in [0.25, 0.3) is 0 Å². The quantitative estimate of drug-likeness (QED) is 0.416. The molecule has 1 aromatic carbocycles. The van der Waals surface area contributed by atoms with Crippen molar-refractivity contribution in [3.05, 3.63) is 35.4 Å². The number of carbonyl (C=O) groups is 1. The van der Waals surface area contributed by atoms with Crippen LogP contribution in [0.3, 0.4) is 0 Å². The van der Waals surface area contributed by atoms with Crippen LogP contribution in [0, 0.1) is 0 Å². The smallest absolute Gasteiger partial charge is 0.306 e. The second-order valence-corrected chi connectivity index (χ2v) is 7.06. The largest absolute Gasteiger partial charge is 0.493 e. The zero-order valence-corrected chi connectivity index (χ0v) is 16.1. The van der Waals surface area contributed by atoms with Gasteiger partial charge >= 0.3 is 5.97 Å². The van der Waals surface area contributed by atoms with E-state index in [2.05, 4.69) is 19.9 Å². The summed E-state index contributed by atoms with van der Waals surface area (Å²) in [6, 6.07) is 5.77. The summed E-state index contributed by atoms with van der Waals surface area (Å²) in [6.45, 7) is 4.61. The van der Waals surface area contributed by atoms with Crippen LogP contribution in [-0.4, -0.2) is 23.8 Å². The number of rotatable bonds is 11. The summed E-state index contributed by atoms with van der Waals surface area (Å²) in [7, 11) is 0. The van der Waals surface area contributed by atoms with E-state index in [4.69, 9.17) is 14.6 Å². The first kappa shape index (κ1) is 20.3. The van der Waals surface area contributed by atoms with Gasteiger partial charge in [0, 0.05) is 0 Å². The molecule has 0 amide bonds. The Morgan fingerprint density at radius 3 is 2.88 bits per heavy atom. The minimum absolute atomic E-state index is 0.0120. The number of hydrogen-bond acceptors (Lipinski definition) is 3. The Labute approximate surface area is 157 Å². The van der Waals surface area contributed by atoms with Gasteiger partial charge in [0.15, 0.2) is 0 Å². The van der Waals surface area contributed by atoms with Crippen molar-refractivity contribution in [2.24, 2.45) is 0 Å². The molecule has 0 aromatic heterocycles. The lowest BCUT2D eigenvalue weighted by Gasteiger charge is -2.27. The molecule has 1 heterocycles. The summed E-state index contributed by atoms with van der Waals surface area (Å²) in [4.78, 5) is 10.6. The van der Waals surface area contributed by atoms with Gasteiger partial charge in [-0.3, -0.25) is 4.79 Å². The highest BCUT2D eigenvalue weighted by molar-refractivity contribution is 5.66. The standard InChI is InChI=1S/C22H32O4/c1-3-4-5-6-7-8-9-17(2)20-12-10-18-16-19(11-13-21(18)26-20)25-15-14-22(23)24/h9,11,13,16,20H,3-8,10,12,14-15H2,1-2H3,(H,23,24)/b17-9+. The van der Waals surface area contributed by atoms with Crippen LogP contribution >= 0.6 is 0 Å². The molecule has 0 saturated carbocycles. The van der Waals surface area contributed by atoms with Crippen molar-refractivity contribution in [1.82, 2.24) is 0 Å².